The summed E-state index contributed by atoms with van der Waals surface area (Å²) in [6.45, 7) is 7.96. The summed E-state index contributed by atoms with van der Waals surface area (Å²) in [7, 11) is -1.09. The summed E-state index contributed by atoms with van der Waals surface area (Å²) < 4.78 is 7.38. The van der Waals surface area contributed by atoms with Crippen molar-refractivity contribution in [3.8, 4) is 0 Å². The molecule has 0 bridgehead atoms. The predicted octanol–water partition coefficient (Wildman–Crippen LogP) is 2.56. The smallest absolute Gasteiger partial charge is 0.185 e. The van der Waals surface area contributed by atoms with E-state index in [1.54, 1.807) is 16.8 Å². The number of imidazole rings is 1. The molecule has 0 saturated heterocycles. The van der Waals surface area contributed by atoms with Gasteiger partial charge in [0.25, 0.3) is 0 Å². The zero-order valence-electron chi connectivity index (χ0n) is 11.6. The molecule has 0 amide bonds. The van der Waals surface area contributed by atoms with Gasteiger partial charge in [-0.2, -0.15) is 0 Å². The van der Waals surface area contributed by atoms with E-state index < -0.39 is 8.07 Å². The lowest BCUT2D eigenvalue weighted by Gasteiger charge is -2.15. The number of carbonyl (C=O) groups is 1. The Balaban J connectivity index is 2.09. The van der Waals surface area contributed by atoms with Gasteiger partial charge in [-0.15, -0.1) is 0 Å². The molecule has 0 unspecified atom stereocenters. The van der Waals surface area contributed by atoms with Crippen LogP contribution in [-0.2, 0) is 11.5 Å². The minimum Gasteiger partial charge on any atom is -0.361 e. The van der Waals surface area contributed by atoms with Gasteiger partial charge in [0.1, 0.15) is 12.2 Å². The Morgan fingerprint density at radius 2 is 2.21 bits per heavy atom. The van der Waals surface area contributed by atoms with Crippen LogP contribution in [0.1, 0.15) is 10.6 Å². The Morgan fingerprint density at radius 1 is 1.42 bits per heavy atom. The number of pyridine rings is 1. The highest BCUT2D eigenvalue weighted by atomic mass is 28.3. The summed E-state index contributed by atoms with van der Waals surface area (Å²) in [6.07, 6.45) is 2.43. The largest absolute Gasteiger partial charge is 0.361 e. The second-order valence-corrected chi connectivity index (χ2v) is 11.3. The Kier molecular flexibility index (Phi) is 4.11. The number of aromatic nitrogens is 3. The van der Waals surface area contributed by atoms with Gasteiger partial charge < -0.3 is 4.74 Å². The maximum absolute atomic E-state index is 11.0. The molecule has 0 aromatic carbocycles. The third-order valence-electron chi connectivity index (χ3n) is 2.86. The molecule has 6 heteroatoms. The van der Waals surface area contributed by atoms with Gasteiger partial charge in [-0.25, -0.2) is 9.97 Å². The lowest BCUT2D eigenvalue weighted by atomic mass is 10.4. The Morgan fingerprint density at radius 3 is 2.89 bits per heavy atom. The van der Waals surface area contributed by atoms with Crippen LogP contribution in [0.15, 0.2) is 18.3 Å². The molecular formula is C13H19N3O2Si. The van der Waals surface area contributed by atoms with Crippen LogP contribution in [0, 0.1) is 0 Å². The fourth-order valence-electron chi connectivity index (χ4n) is 1.73. The third kappa shape index (κ3) is 3.48. The lowest BCUT2D eigenvalue weighted by molar-refractivity contribution is 0.0853. The summed E-state index contributed by atoms with van der Waals surface area (Å²) in [5, 5.41) is 0. The van der Waals surface area contributed by atoms with E-state index in [2.05, 4.69) is 29.6 Å². The second-order valence-electron chi connectivity index (χ2n) is 5.71. The number of aldehydes is 1. The first-order valence-corrected chi connectivity index (χ1v) is 10.1. The van der Waals surface area contributed by atoms with E-state index in [9.17, 15) is 4.79 Å². The summed E-state index contributed by atoms with van der Waals surface area (Å²) in [5.74, 6) is 0.363. The average Bonchev–Trinajstić information content (AvgIpc) is 2.71. The normalized spacial score (nSPS) is 11.9. The van der Waals surface area contributed by atoms with Gasteiger partial charge >= 0.3 is 0 Å². The standard InChI is InChI=1S/C13H19N3O2Si/c1-19(2,3)8-7-18-10-16-12(9-17)15-11-5-4-6-14-13(11)16/h4-6,9H,7-8,10H2,1-3H3. The first-order valence-electron chi connectivity index (χ1n) is 6.35. The zero-order chi connectivity index (χ0) is 13.9. The topological polar surface area (TPSA) is 57.0 Å². The molecule has 2 aromatic rings. The van der Waals surface area contributed by atoms with Crippen molar-refractivity contribution < 1.29 is 9.53 Å². The fraction of sp³-hybridized carbons (Fsp3) is 0.462. The van der Waals surface area contributed by atoms with Crippen LogP contribution in [0.25, 0.3) is 11.2 Å². The summed E-state index contributed by atoms with van der Waals surface area (Å²) in [4.78, 5) is 19.5. The van der Waals surface area contributed by atoms with Crippen molar-refractivity contribution in [1.29, 1.82) is 0 Å². The van der Waals surface area contributed by atoms with E-state index in [-0.39, 0.29) is 0 Å². The van der Waals surface area contributed by atoms with Gasteiger partial charge in [0.05, 0.1) is 0 Å². The Labute approximate surface area is 113 Å². The van der Waals surface area contributed by atoms with E-state index in [1.165, 1.54) is 0 Å². The summed E-state index contributed by atoms with van der Waals surface area (Å²) in [6, 6.07) is 4.75. The molecule has 102 valence electrons. The predicted molar refractivity (Wildman–Crippen MR) is 77.0 cm³/mol. The number of nitrogens with zero attached hydrogens (tertiary/aromatic N) is 3. The molecule has 0 N–H and O–H groups in total. The molecule has 0 atom stereocenters. The van der Waals surface area contributed by atoms with Crippen molar-refractivity contribution >= 4 is 25.5 Å². The SMILES string of the molecule is C[Si](C)(C)CCOCn1c(C=O)nc2cccnc21. The van der Waals surface area contributed by atoms with E-state index in [0.29, 0.717) is 24.8 Å². The lowest BCUT2D eigenvalue weighted by Crippen LogP contribution is -2.22. The minimum absolute atomic E-state index is 0.325. The van der Waals surface area contributed by atoms with Crippen molar-refractivity contribution in [2.75, 3.05) is 6.61 Å². The van der Waals surface area contributed by atoms with E-state index in [0.717, 1.165) is 17.8 Å². The Bertz CT molecular complexity index is 575. The van der Waals surface area contributed by atoms with Gasteiger partial charge in [-0.1, -0.05) is 19.6 Å². The van der Waals surface area contributed by atoms with Gasteiger partial charge in [-0.3, -0.25) is 9.36 Å². The van der Waals surface area contributed by atoms with E-state index >= 15 is 0 Å². The summed E-state index contributed by atoms with van der Waals surface area (Å²) >= 11 is 0. The van der Waals surface area contributed by atoms with Crippen LogP contribution in [0.2, 0.25) is 25.7 Å². The van der Waals surface area contributed by atoms with Crippen molar-refractivity contribution in [1.82, 2.24) is 14.5 Å². The highest BCUT2D eigenvalue weighted by molar-refractivity contribution is 6.76. The van der Waals surface area contributed by atoms with E-state index in [4.69, 9.17) is 4.74 Å². The number of rotatable bonds is 6. The van der Waals surface area contributed by atoms with Gasteiger partial charge in [0.2, 0.25) is 0 Å². The van der Waals surface area contributed by atoms with Gasteiger partial charge in [0.15, 0.2) is 17.8 Å². The highest BCUT2D eigenvalue weighted by Gasteiger charge is 2.14. The summed E-state index contributed by atoms with van der Waals surface area (Å²) in [5.41, 5.74) is 1.41. The second kappa shape index (κ2) is 5.62. The molecule has 0 spiro atoms. The first kappa shape index (κ1) is 13.9. The molecule has 0 aliphatic rings. The molecule has 2 rings (SSSR count). The quantitative estimate of drug-likeness (QED) is 0.462. The van der Waals surface area contributed by atoms with Crippen molar-refractivity contribution in [3.05, 3.63) is 24.2 Å². The number of hydrogen-bond donors (Lipinski definition) is 0. The molecule has 0 aliphatic heterocycles. The molecule has 2 heterocycles. The maximum atomic E-state index is 11.0. The fourth-order valence-corrected chi connectivity index (χ4v) is 2.48. The van der Waals surface area contributed by atoms with E-state index in [1.807, 2.05) is 6.07 Å². The van der Waals surface area contributed by atoms with Crippen molar-refractivity contribution in [3.63, 3.8) is 0 Å². The zero-order valence-corrected chi connectivity index (χ0v) is 12.6. The van der Waals surface area contributed by atoms with Crippen molar-refractivity contribution in [2.45, 2.75) is 32.4 Å². The van der Waals surface area contributed by atoms with Crippen LogP contribution >= 0.6 is 0 Å². The molecule has 0 radical (unpaired) electrons. The first-order chi connectivity index (χ1) is 9.01. The number of fused-ring (bicyclic) bond motifs is 1. The molecule has 0 saturated carbocycles. The minimum atomic E-state index is -1.09. The van der Waals surface area contributed by atoms with Crippen molar-refractivity contribution in [2.24, 2.45) is 0 Å². The van der Waals surface area contributed by atoms with Crippen LogP contribution in [-0.4, -0.2) is 35.5 Å². The number of ether oxygens (including phenoxy) is 1. The highest BCUT2D eigenvalue weighted by Crippen LogP contribution is 2.13. The maximum Gasteiger partial charge on any atom is 0.185 e. The average molecular weight is 277 g/mol. The number of carbonyl (C=O) groups excluding carboxylic acids is 1. The molecule has 0 fully saturated rings. The van der Waals surface area contributed by atoms with Crippen LogP contribution in [0.4, 0.5) is 0 Å². The Hall–Kier alpha value is -1.53. The monoisotopic (exact) mass is 277 g/mol. The number of hydrogen-bond acceptors (Lipinski definition) is 4. The van der Waals surface area contributed by atoms with Gasteiger partial charge in [0, 0.05) is 20.9 Å². The molecule has 2 aromatic heterocycles. The van der Waals surface area contributed by atoms with Crippen LogP contribution in [0.3, 0.4) is 0 Å². The third-order valence-corrected chi connectivity index (χ3v) is 4.56. The van der Waals surface area contributed by atoms with Gasteiger partial charge in [-0.05, 0) is 18.2 Å². The van der Waals surface area contributed by atoms with Crippen LogP contribution < -0.4 is 0 Å². The molecule has 19 heavy (non-hydrogen) atoms. The molecule has 5 nitrogen and oxygen atoms in total. The van der Waals surface area contributed by atoms with Crippen LogP contribution in [0.5, 0.6) is 0 Å². The molecular weight excluding hydrogens is 258 g/mol. The molecule has 0 aliphatic carbocycles.